The summed E-state index contributed by atoms with van der Waals surface area (Å²) in [4.78, 5) is 24.7. The molecule has 2 rings (SSSR count). The van der Waals surface area contributed by atoms with E-state index in [0.29, 0.717) is 24.0 Å². The Bertz CT molecular complexity index is 454. The third-order valence-corrected chi connectivity index (χ3v) is 3.68. The molecule has 0 unspecified atom stereocenters. The largest absolute Gasteiger partial charge is 0.477 e. The average molecular weight is 268 g/mol. The normalized spacial score (nSPS) is 14.8. The molecule has 0 radical (unpaired) electrons. The van der Waals surface area contributed by atoms with E-state index < -0.39 is 5.97 Å². The zero-order valence-electron chi connectivity index (χ0n) is 10.2. The van der Waals surface area contributed by atoms with Crippen LogP contribution in [0.15, 0.2) is 11.4 Å². The van der Waals surface area contributed by atoms with Gasteiger partial charge in [-0.2, -0.15) is 0 Å². The van der Waals surface area contributed by atoms with E-state index in [9.17, 15) is 9.59 Å². The molecule has 98 valence electrons. The van der Waals surface area contributed by atoms with Crippen LogP contribution < -0.4 is 5.32 Å². The van der Waals surface area contributed by atoms with Gasteiger partial charge in [-0.05, 0) is 36.9 Å². The number of likely N-dealkylation sites (N-methyl/N-ethyl adjacent to an activating group) is 1. The van der Waals surface area contributed by atoms with Gasteiger partial charge in [0.15, 0.2) is 0 Å². The Balaban J connectivity index is 1.85. The van der Waals surface area contributed by atoms with Crippen molar-refractivity contribution in [2.45, 2.75) is 25.4 Å². The predicted octanol–water partition coefficient (Wildman–Crippen LogP) is 1.16. The van der Waals surface area contributed by atoms with Gasteiger partial charge in [0.2, 0.25) is 5.91 Å². The van der Waals surface area contributed by atoms with Crippen molar-refractivity contribution in [3.8, 4) is 0 Å². The number of nitrogens with one attached hydrogen (secondary N) is 1. The number of nitrogens with zero attached hydrogens (tertiary/aromatic N) is 1. The van der Waals surface area contributed by atoms with E-state index >= 15 is 0 Å². The number of carboxylic acid groups (broad SMARTS) is 1. The maximum absolute atomic E-state index is 11.6. The summed E-state index contributed by atoms with van der Waals surface area (Å²) in [6, 6.07) is 2.16. The standard InChI is InChI=1S/C12H16N2O3S/c1-14(7-10(15)13-9-2-3-9)6-8-4-5-18-11(8)12(16)17/h4-5,9H,2-3,6-7H2,1H3,(H,13,15)(H,16,17). The topological polar surface area (TPSA) is 69.6 Å². The molecule has 0 spiro atoms. The first kappa shape index (κ1) is 13.0. The molecule has 1 saturated carbocycles. The van der Waals surface area contributed by atoms with Gasteiger partial charge in [-0.1, -0.05) is 0 Å². The third kappa shape index (κ3) is 3.54. The van der Waals surface area contributed by atoms with Crippen molar-refractivity contribution in [2.75, 3.05) is 13.6 Å². The lowest BCUT2D eigenvalue weighted by Gasteiger charge is -2.15. The molecule has 1 aromatic heterocycles. The van der Waals surface area contributed by atoms with Crippen molar-refractivity contribution in [1.82, 2.24) is 10.2 Å². The van der Waals surface area contributed by atoms with Crippen molar-refractivity contribution in [1.29, 1.82) is 0 Å². The lowest BCUT2D eigenvalue weighted by molar-refractivity contribution is -0.122. The summed E-state index contributed by atoms with van der Waals surface area (Å²) < 4.78 is 0. The molecular weight excluding hydrogens is 252 g/mol. The van der Waals surface area contributed by atoms with Crippen LogP contribution in [0.25, 0.3) is 0 Å². The van der Waals surface area contributed by atoms with Crippen LogP contribution in [0.5, 0.6) is 0 Å². The Morgan fingerprint density at radius 2 is 2.28 bits per heavy atom. The molecular formula is C12H16N2O3S. The van der Waals surface area contributed by atoms with Gasteiger partial charge in [-0.15, -0.1) is 11.3 Å². The molecule has 5 nitrogen and oxygen atoms in total. The first-order valence-corrected chi connectivity index (χ1v) is 6.72. The number of aromatic carboxylic acids is 1. The fraction of sp³-hybridized carbons (Fsp3) is 0.500. The highest BCUT2D eigenvalue weighted by Crippen LogP contribution is 2.19. The van der Waals surface area contributed by atoms with Crippen molar-refractivity contribution < 1.29 is 14.7 Å². The highest BCUT2D eigenvalue weighted by Gasteiger charge is 2.23. The fourth-order valence-corrected chi connectivity index (χ4v) is 2.49. The van der Waals surface area contributed by atoms with Crippen LogP contribution in [0, 0.1) is 0 Å². The van der Waals surface area contributed by atoms with Gasteiger partial charge in [0.1, 0.15) is 4.88 Å². The van der Waals surface area contributed by atoms with Crippen LogP contribution in [-0.4, -0.2) is 41.5 Å². The van der Waals surface area contributed by atoms with Crippen molar-refractivity contribution >= 4 is 23.2 Å². The van der Waals surface area contributed by atoms with Gasteiger partial charge in [0.25, 0.3) is 0 Å². The number of carboxylic acids is 1. The summed E-state index contributed by atoms with van der Waals surface area (Å²) >= 11 is 1.21. The molecule has 1 aliphatic rings. The van der Waals surface area contributed by atoms with E-state index in [1.807, 2.05) is 11.9 Å². The molecule has 1 aliphatic carbocycles. The molecule has 6 heteroatoms. The van der Waals surface area contributed by atoms with E-state index in [0.717, 1.165) is 18.4 Å². The summed E-state index contributed by atoms with van der Waals surface area (Å²) in [5, 5.41) is 13.7. The summed E-state index contributed by atoms with van der Waals surface area (Å²) in [6.45, 7) is 0.772. The second-order valence-electron chi connectivity index (χ2n) is 4.59. The Morgan fingerprint density at radius 3 is 2.89 bits per heavy atom. The van der Waals surface area contributed by atoms with Gasteiger partial charge in [-0.25, -0.2) is 4.79 Å². The zero-order valence-corrected chi connectivity index (χ0v) is 11.0. The molecule has 0 aliphatic heterocycles. The summed E-state index contributed by atoms with van der Waals surface area (Å²) in [5.41, 5.74) is 0.759. The number of rotatable bonds is 6. The average Bonchev–Trinajstić information content (AvgIpc) is 2.94. The van der Waals surface area contributed by atoms with Crippen LogP contribution in [0.4, 0.5) is 0 Å². The lowest BCUT2D eigenvalue weighted by Crippen LogP contribution is -2.36. The number of amides is 1. The Hall–Kier alpha value is -1.40. The minimum Gasteiger partial charge on any atom is -0.477 e. The van der Waals surface area contributed by atoms with Crippen molar-refractivity contribution in [2.24, 2.45) is 0 Å². The van der Waals surface area contributed by atoms with E-state index in [1.54, 1.807) is 11.4 Å². The lowest BCUT2D eigenvalue weighted by atomic mass is 10.2. The molecule has 0 saturated heterocycles. The highest BCUT2D eigenvalue weighted by atomic mass is 32.1. The van der Waals surface area contributed by atoms with Crippen molar-refractivity contribution in [3.63, 3.8) is 0 Å². The maximum atomic E-state index is 11.6. The number of carbonyl (C=O) groups excluding carboxylic acids is 1. The summed E-state index contributed by atoms with van der Waals surface area (Å²) in [7, 11) is 1.82. The quantitative estimate of drug-likeness (QED) is 0.812. The van der Waals surface area contributed by atoms with Gasteiger partial charge < -0.3 is 10.4 Å². The van der Waals surface area contributed by atoms with Crippen LogP contribution >= 0.6 is 11.3 Å². The third-order valence-electron chi connectivity index (χ3n) is 2.74. The van der Waals surface area contributed by atoms with E-state index in [4.69, 9.17) is 5.11 Å². The maximum Gasteiger partial charge on any atom is 0.346 e. The van der Waals surface area contributed by atoms with Crippen LogP contribution in [0.3, 0.4) is 0 Å². The first-order chi connectivity index (χ1) is 8.56. The molecule has 0 atom stereocenters. The Morgan fingerprint density at radius 1 is 1.56 bits per heavy atom. The molecule has 1 aromatic rings. The van der Waals surface area contributed by atoms with Crippen LogP contribution in [-0.2, 0) is 11.3 Å². The van der Waals surface area contributed by atoms with Gasteiger partial charge in [-0.3, -0.25) is 9.69 Å². The molecule has 1 heterocycles. The second-order valence-corrected chi connectivity index (χ2v) is 5.51. The minimum atomic E-state index is -0.907. The monoisotopic (exact) mass is 268 g/mol. The van der Waals surface area contributed by atoms with E-state index in [-0.39, 0.29) is 5.91 Å². The predicted molar refractivity (Wildman–Crippen MR) is 68.8 cm³/mol. The SMILES string of the molecule is CN(CC(=O)NC1CC1)Cc1ccsc1C(=O)O. The molecule has 18 heavy (non-hydrogen) atoms. The first-order valence-electron chi connectivity index (χ1n) is 5.84. The highest BCUT2D eigenvalue weighted by molar-refractivity contribution is 7.12. The summed E-state index contributed by atoms with van der Waals surface area (Å²) in [6.07, 6.45) is 2.15. The van der Waals surface area contributed by atoms with E-state index in [2.05, 4.69) is 5.32 Å². The Kier molecular flexibility index (Phi) is 3.98. The Labute approximate surface area is 109 Å². The fourth-order valence-electron chi connectivity index (χ4n) is 1.74. The van der Waals surface area contributed by atoms with Gasteiger partial charge in [0.05, 0.1) is 6.54 Å². The number of hydrogen-bond acceptors (Lipinski definition) is 4. The van der Waals surface area contributed by atoms with E-state index in [1.165, 1.54) is 11.3 Å². The molecule has 1 amide bonds. The van der Waals surface area contributed by atoms with Gasteiger partial charge >= 0.3 is 5.97 Å². The smallest absolute Gasteiger partial charge is 0.346 e. The molecule has 0 bridgehead atoms. The number of hydrogen-bond donors (Lipinski definition) is 2. The second kappa shape index (κ2) is 5.49. The van der Waals surface area contributed by atoms with Gasteiger partial charge in [0, 0.05) is 12.6 Å². The molecule has 0 aromatic carbocycles. The zero-order chi connectivity index (χ0) is 13.1. The van der Waals surface area contributed by atoms with Crippen LogP contribution in [0.1, 0.15) is 28.1 Å². The van der Waals surface area contributed by atoms with Crippen LogP contribution in [0.2, 0.25) is 0 Å². The molecule has 2 N–H and O–H groups in total. The summed E-state index contributed by atoms with van der Waals surface area (Å²) in [5.74, 6) is -0.900. The van der Waals surface area contributed by atoms with Crippen molar-refractivity contribution in [3.05, 3.63) is 21.9 Å². The molecule has 1 fully saturated rings. The minimum absolute atomic E-state index is 0.00658. The number of carbonyl (C=O) groups is 2. The number of thiophene rings is 1.